The highest BCUT2D eigenvalue weighted by atomic mass is 32.1. The number of primary amides is 2. The van der Waals surface area contributed by atoms with Crippen molar-refractivity contribution in [3.8, 4) is 0 Å². The second kappa shape index (κ2) is 14.7. The number of likely N-dealkylation sites (N-methyl/N-ethyl adjacent to an activating group) is 1. The summed E-state index contributed by atoms with van der Waals surface area (Å²) in [6, 6.07) is 7.43. The molecule has 10 rings (SSSR count). The first-order valence-electron chi connectivity index (χ1n) is 20.3. The van der Waals surface area contributed by atoms with Crippen molar-refractivity contribution < 1.29 is 18.4 Å². The van der Waals surface area contributed by atoms with E-state index in [0.29, 0.717) is 66.9 Å². The standard InChI is InChI=1S/C22H25FN4O2S.C21H23FN4O2S/c1-10-8-26(9-11(2)25-10)17-7-16-14(6-15(17)23)19(28)18-12(3)20(21(24)29)30-22(18)27(16)13-4-5-13;1-11-17-18(27)13-9-14(22)16(25-7-5-24(2)6-8-25)10-15(13)26(12-3-4-12)21(17)29-19(11)20(23)28/h6-7,10-11,13,25H,4-5,8-9H2,1-3H3,(H2,24,29);9-10,12H,3-8H2,1-2H3,(H2,23,28). The highest BCUT2D eigenvalue weighted by molar-refractivity contribution is 7.21. The second-order valence-corrected chi connectivity index (χ2v) is 18.9. The number of nitrogens with two attached hydrogens (primary N) is 2. The lowest BCUT2D eigenvalue weighted by Crippen LogP contribution is -2.54. The van der Waals surface area contributed by atoms with Gasteiger partial charge in [-0.25, -0.2) is 8.78 Å². The molecular weight excluding hydrogens is 795 g/mol. The van der Waals surface area contributed by atoms with E-state index in [1.54, 1.807) is 13.8 Å². The maximum Gasteiger partial charge on any atom is 0.259 e. The van der Waals surface area contributed by atoms with E-state index in [9.17, 15) is 19.2 Å². The third-order valence-corrected chi connectivity index (χ3v) is 14.9. The molecule has 6 aromatic rings. The summed E-state index contributed by atoms with van der Waals surface area (Å²) in [5.41, 5.74) is 14.4. The Labute approximate surface area is 346 Å². The van der Waals surface area contributed by atoms with Crippen molar-refractivity contribution in [2.45, 2.75) is 77.5 Å². The van der Waals surface area contributed by atoms with E-state index >= 15 is 8.78 Å². The lowest BCUT2D eigenvalue weighted by Gasteiger charge is -2.38. The maximum absolute atomic E-state index is 15.2. The minimum Gasteiger partial charge on any atom is -0.367 e. The summed E-state index contributed by atoms with van der Waals surface area (Å²) in [5, 5.41) is 5.19. The van der Waals surface area contributed by atoms with E-state index in [2.05, 4.69) is 50.0 Å². The van der Waals surface area contributed by atoms with Crippen molar-refractivity contribution in [3.05, 3.63) is 77.2 Å². The quantitative estimate of drug-likeness (QED) is 0.181. The Morgan fingerprint density at radius 2 is 1.08 bits per heavy atom. The minimum absolute atomic E-state index is 0.225. The number of anilines is 2. The number of hydrogen-bond donors (Lipinski definition) is 3. The molecule has 4 aliphatic rings. The minimum atomic E-state index is -0.532. The number of fused-ring (bicyclic) bond motifs is 4. The number of aromatic nitrogens is 2. The molecule has 5 N–H and O–H groups in total. The summed E-state index contributed by atoms with van der Waals surface area (Å²) in [4.78, 5) is 59.1. The molecule has 0 bridgehead atoms. The normalized spacial score (nSPS) is 20.2. The van der Waals surface area contributed by atoms with Crippen molar-refractivity contribution >= 4 is 88.1 Å². The van der Waals surface area contributed by atoms with Gasteiger partial charge in [-0.2, -0.15) is 0 Å². The molecule has 2 aliphatic carbocycles. The van der Waals surface area contributed by atoms with Crippen LogP contribution in [0.25, 0.3) is 42.2 Å². The van der Waals surface area contributed by atoms with Crippen LogP contribution >= 0.6 is 22.7 Å². The molecule has 4 aromatic heterocycles. The molecule has 0 radical (unpaired) electrons. The van der Waals surface area contributed by atoms with E-state index < -0.39 is 11.8 Å². The first-order chi connectivity index (χ1) is 28.1. The molecule has 12 nitrogen and oxygen atoms in total. The number of piperazine rings is 2. The Bertz CT molecular complexity index is 2860. The van der Waals surface area contributed by atoms with Crippen LogP contribution in [0.4, 0.5) is 20.2 Å². The third kappa shape index (κ3) is 6.77. The Kier molecular flexibility index (Phi) is 9.84. The van der Waals surface area contributed by atoms with Crippen LogP contribution in [-0.4, -0.2) is 84.2 Å². The molecule has 2 saturated heterocycles. The first-order valence-corrected chi connectivity index (χ1v) is 21.9. The largest absolute Gasteiger partial charge is 0.367 e. The van der Waals surface area contributed by atoms with Gasteiger partial charge < -0.3 is 40.6 Å². The number of nitrogens with one attached hydrogen (secondary N) is 1. The summed E-state index contributed by atoms with van der Waals surface area (Å²) in [5.74, 6) is -1.82. The molecule has 6 heterocycles. The van der Waals surface area contributed by atoms with Crippen LogP contribution < -0.4 is 37.4 Å². The van der Waals surface area contributed by atoms with E-state index in [-0.39, 0.29) is 46.7 Å². The number of halogens is 2. The monoisotopic (exact) mass is 842 g/mol. The number of aryl methyl sites for hydroxylation is 2. The lowest BCUT2D eigenvalue weighted by molar-refractivity contribution is 0.0995. The third-order valence-electron chi connectivity index (χ3n) is 12.3. The highest BCUT2D eigenvalue weighted by Gasteiger charge is 2.33. The second-order valence-electron chi connectivity index (χ2n) is 16.9. The fourth-order valence-corrected chi connectivity index (χ4v) is 11.6. The van der Waals surface area contributed by atoms with Crippen molar-refractivity contribution in [2.24, 2.45) is 11.5 Å². The van der Waals surface area contributed by atoms with Crippen molar-refractivity contribution in [3.63, 3.8) is 0 Å². The van der Waals surface area contributed by atoms with Crippen molar-refractivity contribution in [1.82, 2.24) is 19.4 Å². The van der Waals surface area contributed by atoms with Gasteiger partial charge in [0.15, 0.2) is 10.9 Å². The molecule has 2 aliphatic heterocycles. The molecule has 2 aromatic carbocycles. The van der Waals surface area contributed by atoms with Crippen LogP contribution in [0.1, 0.15) is 82.1 Å². The predicted octanol–water partition coefficient (Wildman–Crippen LogP) is 6.13. The highest BCUT2D eigenvalue weighted by Crippen LogP contribution is 2.45. The number of carbonyl (C=O) groups is 2. The summed E-state index contributed by atoms with van der Waals surface area (Å²) >= 11 is 2.55. The average molecular weight is 843 g/mol. The predicted molar refractivity (Wildman–Crippen MR) is 234 cm³/mol. The Morgan fingerprint density at radius 3 is 1.47 bits per heavy atom. The topological polar surface area (TPSA) is 152 Å². The van der Waals surface area contributed by atoms with Gasteiger partial charge in [0.05, 0.1) is 42.9 Å². The van der Waals surface area contributed by atoms with Gasteiger partial charge in [0.1, 0.15) is 21.3 Å². The lowest BCUT2D eigenvalue weighted by atomic mass is 10.1. The maximum atomic E-state index is 15.2. The van der Waals surface area contributed by atoms with E-state index in [4.69, 9.17) is 11.5 Å². The molecule has 4 fully saturated rings. The van der Waals surface area contributed by atoms with Crippen molar-refractivity contribution in [2.75, 3.05) is 56.1 Å². The Hall–Kier alpha value is -4.90. The number of thiophene rings is 2. The van der Waals surface area contributed by atoms with Gasteiger partial charge in [-0.3, -0.25) is 19.2 Å². The summed E-state index contributed by atoms with van der Waals surface area (Å²) in [7, 11) is 2.06. The Balaban J connectivity index is 0.000000152. The van der Waals surface area contributed by atoms with Crippen LogP contribution in [0.2, 0.25) is 0 Å². The van der Waals surface area contributed by atoms with Gasteiger partial charge in [-0.05, 0) is 95.8 Å². The molecule has 2 amide bonds. The molecule has 0 spiro atoms. The van der Waals surface area contributed by atoms with Crippen LogP contribution in [0.15, 0.2) is 33.9 Å². The number of amides is 2. The van der Waals surface area contributed by atoms with E-state index in [1.807, 2.05) is 12.1 Å². The first kappa shape index (κ1) is 39.6. The summed E-state index contributed by atoms with van der Waals surface area (Å²) < 4.78 is 34.6. The fourth-order valence-electron chi connectivity index (χ4n) is 9.14. The number of benzene rings is 2. The Morgan fingerprint density at radius 1 is 0.678 bits per heavy atom. The molecule has 2 atom stereocenters. The van der Waals surface area contributed by atoms with Crippen LogP contribution in [0.3, 0.4) is 0 Å². The molecule has 2 saturated carbocycles. The van der Waals surface area contributed by atoms with E-state index in [1.165, 1.54) is 34.8 Å². The zero-order valence-electron chi connectivity index (χ0n) is 33.8. The molecule has 2 unspecified atom stereocenters. The van der Waals surface area contributed by atoms with Crippen LogP contribution in [0, 0.1) is 25.5 Å². The SMILES string of the molecule is Cc1c(C(N)=O)sc2c1c(=O)c1cc(F)c(N3CC(C)NC(C)C3)cc1n2C1CC1.Cc1c(C(N)=O)sc2c1c(=O)c1cc(F)c(N3CCN(C)CC3)cc1n2C1CC1. The number of carbonyl (C=O) groups excluding carboxylic acids is 2. The molecule has 310 valence electrons. The smallest absolute Gasteiger partial charge is 0.259 e. The van der Waals surface area contributed by atoms with E-state index in [0.717, 1.165) is 72.6 Å². The summed E-state index contributed by atoms with van der Waals surface area (Å²) in [6.45, 7) is 12.3. The molecule has 59 heavy (non-hydrogen) atoms. The van der Waals surface area contributed by atoms with Crippen LogP contribution in [0.5, 0.6) is 0 Å². The average Bonchev–Trinajstić information content (AvgIpc) is 4.12. The zero-order chi connectivity index (χ0) is 41.8. The number of rotatable bonds is 6. The van der Waals surface area contributed by atoms with Gasteiger partial charge in [0, 0.05) is 74.2 Å². The molecule has 16 heteroatoms. The number of nitrogens with zero attached hydrogens (tertiary/aromatic N) is 5. The zero-order valence-corrected chi connectivity index (χ0v) is 35.4. The van der Waals surface area contributed by atoms with Crippen LogP contribution in [-0.2, 0) is 0 Å². The van der Waals surface area contributed by atoms with Gasteiger partial charge in [-0.15, -0.1) is 22.7 Å². The van der Waals surface area contributed by atoms with Crippen molar-refractivity contribution in [1.29, 1.82) is 0 Å². The van der Waals surface area contributed by atoms with Gasteiger partial charge in [-0.1, -0.05) is 0 Å². The number of hydrogen-bond acceptors (Lipinski definition) is 10. The fraction of sp³-hybridized carbons (Fsp3) is 0.442. The summed E-state index contributed by atoms with van der Waals surface area (Å²) in [6.07, 6.45) is 4.03. The number of pyridine rings is 2. The molecular formula is C43H48F2N8O4S2. The van der Waals surface area contributed by atoms with Gasteiger partial charge in [0.25, 0.3) is 11.8 Å². The van der Waals surface area contributed by atoms with Gasteiger partial charge in [0.2, 0.25) is 0 Å². The van der Waals surface area contributed by atoms with Gasteiger partial charge >= 0.3 is 0 Å².